The summed E-state index contributed by atoms with van der Waals surface area (Å²) in [4.78, 5) is 12.4. The Morgan fingerprint density at radius 3 is 2.15 bits per heavy atom. The van der Waals surface area contributed by atoms with Gasteiger partial charge in [-0.15, -0.1) is 0 Å². The van der Waals surface area contributed by atoms with E-state index in [0.717, 1.165) is 11.8 Å². The second-order valence-corrected chi connectivity index (χ2v) is 8.26. The molecule has 8 heteroatoms. The number of hydrogen-bond acceptors (Lipinski definition) is 3. The molecule has 0 bridgehead atoms. The van der Waals surface area contributed by atoms with Gasteiger partial charge < -0.3 is 5.32 Å². The zero-order valence-electron chi connectivity index (χ0n) is 14.4. The van der Waals surface area contributed by atoms with E-state index >= 15 is 0 Å². The average molecular weight is 399 g/mol. The van der Waals surface area contributed by atoms with E-state index in [1.165, 1.54) is 12.1 Å². The summed E-state index contributed by atoms with van der Waals surface area (Å²) in [6, 6.07) is 11.4. The van der Waals surface area contributed by atoms with Crippen LogP contribution in [-0.2, 0) is 14.8 Å². The topological polar surface area (TPSA) is 75.3 Å². The van der Waals surface area contributed by atoms with Gasteiger partial charge in [0.05, 0.1) is 18.3 Å². The number of amides is 1. The Morgan fingerprint density at radius 2 is 1.62 bits per heavy atom. The maximum atomic E-state index is 13.0. The van der Waals surface area contributed by atoms with Crippen molar-refractivity contribution in [2.45, 2.75) is 25.4 Å². The number of nitrogens with one attached hydrogen (secondary N) is 2. The van der Waals surface area contributed by atoms with Crippen LogP contribution in [0.5, 0.6) is 0 Å². The van der Waals surface area contributed by atoms with Crippen molar-refractivity contribution in [3.63, 3.8) is 0 Å². The Balaban J connectivity index is 2.10. The normalized spacial score (nSPS) is 13.8. The lowest BCUT2D eigenvalue weighted by Gasteiger charge is -2.20. The summed E-state index contributed by atoms with van der Waals surface area (Å²) >= 11 is 5.86. The molecule has 2 rings (SSSR count). The van der Waals surface area contributed by atoms with Gasteiger partial charge in [-0.3, -0.25) is 4.79 Å². The molecule has 2 atom stereocenters. The van der Waals surface area contributed by atoms with E-state index in [0.29, 0.717) is 10.6 Å². The van der Waals surface area contributed by atoms with Crippen molar-refractivity contribution in [1.29, 1.82) is 0 Å². The Labute approximate surface area is 157 Å². The third-order valence-electron chi connectivity index (χ3n) is 3.77. The van der Waals surface area contributed by atoms with Crippen LogP contribution in [0.4, 0.5) is 4.39 Å². The fourth-order valence-electron chi connectivity index (χ4n) is 2.50. The Kier molecular flexibility index (Phi) is 6.75. The number of carbonyl (C=O) groups is 1. The van der Waals surface area contributed by atoms with Crippen LogP contribution in [0, 0.1) is 5.82 Å². The van der Waals surface area contributed by atoms with E-state index in [4.69, 9.17) is 11.6 Å². The summed E-state index contributed by atoms with van der Waals surface area (Å²) in [6.07, 6.45) is 0.954. The number of carbonyl (C=O) groups excluding carboxylic acids is 1. The minimum Gasteiger partial charge on any atom is -0.350 e. The van der Waals surface area contributed by atoms with E-state index < -0.39 is 16.1 Å². The molecule has 0 radical (unpaired) electrons. The van der Waals surface area contributed by atoms with Crippen LogP contribution >= 0.6 is 11.6 Å². The van der Waals surface area contributed by atoms with Crippen molar-refractivity contribution < 1.29 is 17.6 Å². The molecule has 2 N–H and O–H groups in total. The Bertz CT molecular complexity index is 855. The van der Waals surface area contributed by atoms with E-state index in [-0.39, 0.29) is 24.2 Å². The van der Waals surface area contributed by atoms with Gasteiger partial charge in [-0.25, -0.2) is 17.5 Å². The van der Waals surface area contributed by atoms with Crippen LogP contribution < -0.4 is 10.0 Å². The minimum atomic E-state index is -3.52. The van der Waals surface area contributed by atoms with Gasteiger partial charge in [0, 0.05) is 11.4 Å². The van der Waals surface area contributed by atoms with Crippen LogP contribution in [0.15, 0.2) is 48.5 Å². The fourth-order valence-corrected chi connectivity index (χ4v) is 3.36. The zero-order valence-corrected chi connectivity index (χ0v) is 15.9. The number of halogens is 2. The van der Waals surface area contributed by atoms with Crippen molar-refractivity contribution in [1.82, 2.24) is 10.0 Å². The highest BCUT2D eigenvalue weighted by atomic mass is 35.5. The molecule has 140 valence electrons. The van der Waals surface area contributed by atoms with Crippen LogP contribution in [0.1, 0.15) is 36.6 Å². The maximum absolute atomic E-state index is 13.0. The summed E-state index contributed by atoms with van der Waals surface area (Å²) in [5.41, 5.74) is 1.38. The molecule has 0 aliphatic carbocycles. The van der Waals surface area contributed by atoms with Gasteiger partial charge >= 0.3 is 0 Å². The van der Waals surface area contributed by atoms with Crippen LogP contribution in [0.2, 0.25) is 5.02 Å². The largest absolute Gasteiger partial charge is 0.350 e. The zero-order chi connectivity index (χ0) is 19.3. The van der Waals surface area contributed by atoms with E-state index in [1.807, 2.05) is 0 Å². The first-order valence-electron chi connectivity index (χ1n) is 7.91. The van der Waals surface area contributed by atoms with Crippen molar-refractivity contribution in [2.24, 2.45) is 0 Å². The van der Waals surface area contributed by atoms with Crippen LogP contribution in [0.25, 0.3) is 0 Å². The lowest BCUT2D eigenvalue weighted by atomic mass is 10.0. The van der Waals surface area contributed by atoms with Crippen molar-refractivity contribution in [3.8, 4) is 0 Å². The van der Waals surface area contributed by atoms with Crippen molar-refractivity contribution in [3.05, 3.63) is 70.5 Å². The van der Waals surface area contributed by atoms with Crippen molar-refractivity contribution >= 4 is 27.5 Å². The molecule has 26 heavy (non-hydrogen) atoms. The van der Waals surface area contributed by atoms with Gasteiger partial charge in [0.25, 0.3) is 0 Å². The Hall–Kier alpha value is -1.96. The third-order valence-corrected chi connectivity index (χ3v) is 4.73. The molecule has 0 fully saturated rings. The quantitative estimate of drug-likeness (QED) is 0.751. The molecule has 0 saturated carbocycles. The van der Waals surface area contributed by atoms with Crippen LogP contribution in [-0.4, -0.2) is 20.6 Å². The lowest BCUT2D eigenvalue weighted by molar-refractivity contribution is -0.122. The van der Waals surface area contributed by atoms with Crippen molar-refractivity contribution in [2.75, 3.05) is 6.26 Å². The minimum absolute atomic E-state index is 0.0831. The summed E-state index contributed by atoms with van der Waals surface area (Å²) < 4.78 is 38.7. The monoisotopic (exact) mass is 398 g/mol. The first kappa shape index (κ1) is 20.4. The van der Waals surface area contributed by atoms with E-state index in [2.05, 4.69) is 10.0 Å². The fraction of sp³-hybridized carbons (Fsp3) is 0.278. The first-order chi connectivity index (χ1) is 12.1. The molecular weight excluding hydrogens is 379 g/mol. The van der Waals surface area contributed by atoms with Gasteiger partial charge in [0.2, 0.25) is 15.9 Å². The van der Waals surface area contributed by atoms with Gasteiger partial charge in [-0.1, -0.05) is 35.9 Å². The number of sulfonamides is 1. The summed E-state index contributed by atoms with van der Waals surface area (Å²) in [5.74, 6) is -0.689. The Morgan fingerprint density at radius 1 is 1.08 bits per heavy atom. The standard InChI is InChI=1S/C18H20ClFN2O3S/c1-12(13-5-9-16(20)10-6-13)21-18(23)11-17(22-26(2,24)25)14-3-7-15(19)8-4-14/h3-10,12,17,22H,11H2,1-2H3,(H,21,23)/t12-,17+/m0/s1. The lowest BCUT2D eigenvalue weighted by Crippen LogP contribution is -2.34. The highest BCUT2D eigenvalue weighted by Gasteiger charge is 2.21. The summed E-state index contributed by atoms with van der Waals surface area (Å²) in [5, 5.41) is 3.31. The second-order valence-electron chi connectivity index (χ2n) is 6.04. The molecule has 0 heterocycles. The van der Waals surface area contributed by atoms with Crippen LogP contribution in [0.3, 0.4) is 0 Å². The third kappa shape index (κ3) is 6.40. The molecule has 2 aromatic carbocycles. The van der Waals surface area contributed by atoms with E-state index in [1.54, 1.807) is 43.3 Å². The molecule has 0 aliphatic rings. The predicted molar refractivity (Wildman–Crippen MR) is 99.7 cm³/mol. The number of benzene rings is 2. The highest BCUT2D eigenvalue weighted by Crippen LogP contribution is 2.21. The molecule has 2 aromatic rings. The molecule has 0 aromatic heterocycles. The number of hydrogen-bond donors (Lipinski definition) is 2. The number of rotatable bonds is 7. The molecule has 5 nitrogen and oxygen atoms in total. The molecule has 0 saturated heterocycles. The first-order valence-corrected chi connectivity index (χ1v) is 10.2. The SMILES string of the molecule is C[C@H](NC(=O)C[C@@H](NS(C)(=O)=O)c1ccc(Cl)cc1)c1ccc(F)cc1. The van der Waals surface area contributed by atoms with Gasteiger partial charge in [0.1, 0.15) is 5.82 Å². The second kappa shape index (κ2) is 8.62. The average Bonchev–Trinajstić information content (AvgIpc) is 2.54. The predicted octanol–water partition coefficient (Wildman–Crippen LogP) is 3.34. The smallest absolute Gasteiger partial charge is 0.222 e. The molecule has 0 aliphatic heterocycles. The summed E-state index contributed by atoms with van der Waals surface area (Å²) in [6.45, 7) is 1.77. The molecule has 0 unspecified atom stereocenters. The van der Waals surface area contributed by atoms with Gasteiger partial charge in [-0.2, -0.15) is 0 Å². The highest BCUT2D eigenvalue weighted by molar-refractivity contribution is 7.88. The summed E-state index contributed by atoms with van der Waals surface area (Å²) in [7, 11) is -3.52. The maximum Gasteiger partial charge on any atom is 0.222 e. The van der Waals surface area contributed by atoms with E-state index in [9.17, 15) is 17.6 Å². The van der Waals surface area contributed by atoms with Gasteiger partial charge in [-0.05, 0) is 42.3 Å². The molecular formula is C18H20ClFN2O3S. The molecule has 0 spiro atoms. The van der Waals surface area contributed by atoms with Gasteiger partial charge in [0.15, 0.2) is 0 Å². The molecule has 1 amide bonds.